The van der Waals surface area contributed by atoms with Crippen LogP contribution in [0.2, 0.25) is 13.1 Å². The summed E-state index contributed by atoms with van der Waals surface area (Å²) in [6.07, 6.45) is 7.40. The Morgan fingerprint density at radius 2 is 1.50 bits per heavy atom. The van der Waals surface area contributed by atoms with Crippen molar-refractivity contribution in [2.24, 2.45) is 0 Å². The first-order valence-electron chi connectivity index (χ1n) is 8.43. The van der Waals surface area contributed by atoms with E-state index in [0.29, 0.717) is 0 Å². The number of unbranched alkanes of at least 4 members (excludes halogenated alkanes) is 2. The predicted molar refractivity (Wildman–Crippen MR) is 101 cm³/mol. The van der Waals surface area contributed by atoms with Gasteiger partial charge in [-0.05, 0) is 18.4 Å². The van der Waals surface area contributed by atoms with Gasteiger partial charge in [0, 0.05) is 0 Å². The Morgan fingerprint density at radius 3 is 2.09 bits per heavy atom. The molecule has 0 amide bonds. The van der Waals surface area contributed by atoms with Crippen molar-refractivity contribution in [3.63, 3.8) is 0 Å². The van der Waals surface area contributed by atoms with Crippen molar-refractivity contribution in [1.82, 2.24) is 0 Å². The second-order valence-corrected chi connectivity index (χ2v) is 11.0. The molecule has 0 saturated carbocycles. The van der Waals surface area contributed by atoms with Crippen LogP contribution in [0.4, 0.5) is 0 Å². The molecule has 0 nitrogen and oxygen atoms in total. The maximum Gasteiger partial charge on any atom is 0.107 e. The Hall–Kier alpha value is -1.60. The van der Waals surface area contributed by atoms with E-state index in [0.717, 1.165) is 6.42 Å². The van der Waals surface area contributed by atoms with Gasteiger partial charge in [0.05, 0.1) is 0 Å². The molecule has 0 N–H and O–H groups in total. The van der Waals surface area contributed by atoms with Crippen molar-refractivity contribution in [2.45, 2.75) is 45.7 Å². The maximum atomic E-state index is 2.54. The Balaban J connectivity index is 2.29. The average molecular weight is 309 g/mol. The molecule has 0 aliphatic carbocycles. The van der Waals surface area contributed by atoms with E-state index in [1.165, 1.54) is 30.0 Å². The summed E-state index contributed by atoms with van der Waals surface area (Å²) in [7, 11) is -1.58. The van der Waals surface area contributed by atoms with Crippen LogP contribution in [0.3, 0.4) is 0 Å². The fraction of sp³-hybridized carbons (Fsp3) is 0.333. The molecule has 1 heteroatoms. The number of benzene rings is 2. The van der Waals surface area contributed by atoms with Crippen LogP contribution in [-0.4, -0.2) is 8.07 Å². The van der Waals surface area contributed by atoms with Gasteiger partial charge in [0.25, 0.3) is 0 Å². The monoisotopic (exact) mass is 308 g/mol. The summed E-state index contributed by atoms with van der Waals surface area (Å²) in [4.78, 5) is 0. The van der Waals surface area contributed by atoms with Crippen molar-refractivity contribution < 1.29 is 0 Å². The number of allylic oxidation sites excluding steroid dienone is 2. The van der Waals surface area contributed by atoms with Crippen LogP contribution in [0.1, 0.15) is 31.7 Å². The van der Waals surface area contributed by atoms with E-state index >= 15 is 0 Å². The largest absolute Gasteiger partial charge is 0.107 e. The summed E-state index contributed by atoms with van der Waals surface area (Å²) in [6, 6.07) is 22.0. The number of hydrogen-bond acceptors (Lipinski definition) is 0. The second kappa shape index (κ2) is 8.14. The SMILES string of the molecule is CCCC/C=C(\Cc1ccccc1)[Si](C)(C)c1ccccc1. The molecule has 0 aliphatic rings. The lowest BCUT2D eigenvalue weighted by Crippen LogP contribution is -2.44. The molecule has 0 radical (unpaired) electrons. The van der Waals surface area contributed by atoms with E-state index in [9.17, 15) is 0 Å². The standard InChI is InChI=1S/C21H28Si/c1-4-5-8-17-21(18-19-13-9-6-10-14-19)22(2,3)20-15-11-7-12-16-20/h6-7,9-17H,4-5,8,18H2,1-3H3/b21-17+. The Bertz CT molecular complexity index is 582. The molecule has 0 aromatic heterocycles. The number of hydrogen-bond donors (Lipinski definition) is 0. The Labute approximate surface area is 136 Å². The lowest BCUT2D eigenvalue weighted by molar-refractivity contribution is 0.811. The first-order chi connectivity index (χ1) is 10.6. The predicted octanol–water partition coefficient (Wildman–Crippen LogP) is 5.50. The molecule has 22 heavy (non-hydrogen) atoms. The van der Waals surface area contributed by atoms with Gasteiger partial charge in [-0.3, -0.25) is 0 Å². The van der Waals surface area contributed by atoms with Gasteiger partial charge in [-0.2, -0.15) is 0 Å². The molecule has 0 atom stereocenters. The minimum Gasteiger partial charge on any atom is -0.0885 e. The molecule has 0 bridgehead atoms. The molecular formula is C21H28Si. The molecule has 2 aromatic carbocycles. The molecule has 0 unspecified atom stereocenters. The van der Waals surface area contributed by atoms with Gasteiger partial charge in [0.1, 0.15) is 8.07 Å². The van der Waals surface area contributed by atoms with Crippen LogP contribution in [0.5, 0.6) is 0 Å². The van der Waals surface area contributed by atoms with Crippen LogP contribution in [-0.2, 0) is 6.42 Å². The lowest BCUT2D eigenvalue weighted by atomic mass is 10.1. The van der Waals surface area contributed by atoms with Gasteiger partial charge in [-0.25, -0.2) is 0 Å². The van der Waals surface area contributed by atoms with Gasteiger partial charge in [-0.1, -0.05) is 110 Å². The summed E-state index contributed by atoms with van der Waals surface area (Å²) in [5.41, 5.74) is 1.43. The maximum absolute atomic E-state index is 2.54. The van der Waals surface area contributed by atoms with E-state index in [4.69, 9.17) is 0 Å². The van der Waals surface area contributed by atoms with E-state index in [1.54, 1.807) is 5.20 Å². The minimum absolute atomic E-state index is 1.10. The number of rotatable bonds is 7. The molecule has 0 fully saturated rings. The topological polar surface area (TPSA) is 0 Å². The molecule has 0 spiro atoms. The van der Waals surface area contributed by atoms with Gasteiger partial charge in [-0.15, -0.1) is 0 Å². The minimum atomic E-state index is -1.58. The molecule has 116 valence electrons. The molecular weight excluding hydrogens is 280 g/mol. The van der Waals surface area contributed by atoms with Crippen molar-refractivity contribution in [2.75, 3.05) is 0 Å². The van der Waals surface area contributed by atoms with Gasteiger partial charge < -0.3 is 0 Å². The molecule has 0 aliphatic heterocycles. The third-order valence-corrected chi connectivity index (χ3v) is 8.25. The highest BCUT2D eigenvalue weighted by Gasteiger charge is 2.27. The van der Waals surface area contributed by atoms with E-state index in [1.807, 2.05) is 0 Å². The summed E-state index contributed by atoms with van der Waals surface area (Å²) >= 11 is 0. The fourth-order valence-corrected chi connectivity index (χ4v) is 5.58. The zero-order valence-corrected chi connectivity index (χ0v) is 15.2. The third-order valence-electron chi connectivity index (χ3n) is 4.48. The van der Waals surface area contributed by atoms with E-state index in [2.05, 4.69) is 86.8 Å². The first-order valence-corrected chi connectivity index (χ1v) is 11.4. The van der Waals surface area contributed by atoms with Crippen molar-refractivity contribution in [3.05, 3.63) is 77.5 Å². The lowest BCUT2D eigenvalue weighted by Gasteiger charge is -2.27. The fourth-order valence-electron chi connectivity index (χ4n) is 2.88. The normalized spacial score (nSPS) is 12.4. The smallest absolute Gasteiger partial charge is 0.0885 e. The summed E-state index contributed by atoms with van der Waals surface area (Å²) in [5, 5.41) is 3.20. The van der Waals surface area contributed by atoms with Crippen LogP contribution in [0, 0.1) is 0 Å². The van der Waals surface area contributed by atoms with Crippen LogP contribution in [0.15, 0.2) is 71.9 Å². The highest BCUT2D eigenvalue weighted by molar-refractivity contribution is 6.95. The van der Waals surface area contributed by atoms with E-state index in [-0.39, 0.29) is 0 Å². The zero-order valence-electron chi connectivity index (χ0n) is 14.2. The van der Waals surface area contributed by atoms with Crippen molar-refractivity contribution in [1.29, 1.82) is 0 Å². The first kappa shape index (κ1) is 16.8. The Morgan fingerprint density at radius 1 is 0.909 bits per heavy atom. The highest BCUT2D eigenvalue weighted by Crippen LogP contribution is 2.21. The average Bonchev–Trinajstić information content (AvgIpc) is 2.56. The van der Waals surface area contributed by atoms with Crippen LogP contribution < -0.4 is 5.19 Å². The summed E-state index contributed by atoms with van der Waals surface area (Å²) in [5.74, 6) is 0. The van der Waals surface area contributed by atoms with Gasteiger partial charge in [0.2, 0.25) is 0 Å². The molecule has 2 aromatic rings. The quantitative estimate of drug-likeness (QED) is 0.468. The zero-order chi connectivity index (χ0) is 15.8. The van der Waals surface area contributed by atoms with Gasteiger partial charge in [0.15, 0.2) is 0 Å². The Kier molecular flexibility index (Phi) is 6.20. The second-order valence-electron chi connectivity index (χ2n) is 6.52. The summed E-state index contributed by atoms with van der Waals surface area (Å²) < 4.78 is 0. The van der Waals surface area contributed by atoms with Crippen molar-refractivity contribution in [3.8, 4) is 0 Å². The highest BCUT2D eigenvalue weighted by atomic mass is 28.3. The molecule has 2 rings (SSSR count). The van der Waals surface area contributed by atoms with Gasteiger partial charge >= 0.3 is 0 Å². The van der Waals surface area contributed by atoms with Crippen LogP contribution >= 0.6 is 0 Å². The van der Waals surface area contributed by atoms with E-state index < -0.39 is 8.07 Å². The summed E-state index contributed by atoms with van der Waals surface area (Å²) in [6.45, 7) is 7.25. The van der Waals surface area contributed by atoms with Crippen molar-refractivity contribution >= 4 is 13.3 Å². The molecule has 0 saturated heterocycles. The van der Waals surface area contributed by atoms with Crippen LogP contribution in [0.25, 0.3) is 0 Å². The third kappa shape index (κ3) is 4.44. The molecule has 0 heterocycles.